The van der Waals surface area contributed by atoms with E-state index in [0.717, 1.165) is 4.88 Å². The van der Waals surface area contributed by atoms with Crippen LogP contribution in [0.15, 0.2) is 38.7 Å². The van der Waals surface area contributed by atoms with Gasteiger partial charge in [0.25, 0.3) is 0 Å². The molecule has 6 heteroatoms. The zero-order chi connectivity index (χ0) is 13.2. The van der Waals surface area contributed by atoms with Gasteiger partial charge in [0.1, 0.15) is 5.76 Å². The topological polar surface area (TPSA) is 68.3 Å². The van der Waals surface area contributed by atoms with Gasteiger partial charge in [-0.1, -0.05) is 6.07 Å². The summed E-state index contributed by atoms with van der Waals surface area (Å²) in [4.78, 5) is 12.8. The Morgan fingerprint density at radius 3 is 2.83 bits per heavy atom. The van der Waals surface area contributed by atoms with E-state index in [9.17, 15) is 4.79 Å². The van der Waals surface area contributed by atoms with Crippen LogP contribution >= 0.6 is 27.3 Å². The molecule has 18 heavy (non-hydrogen) atoms. The average molecular weight is 329 g/mol. The molecule has 0 aliphatic carbocycles. The molecule has 0 saturated carbocycles. The normalized spacial score (nSPS) is 14.3. The molecule has 0 aliphatic heterocycles. The molecule has 2 aromatic rings. The van der Waals surface area contributed by atoms with Crippen molar-refractivity contribution >= 4 is 33.2 Å². The maximum absolute atomic E-state index is 11.7. The highest BCUT2D eigenvalue weighted by Crippen LogP contribution is 2.26. The Morgan fingerprint density at radius 1 is 1.56 bits per heavy atom. The number of thiophene rings is 1. The van der Waals surface area contributed by atoms with E-state index in [1.165, 1.54) is 0 Å². The van der Waals surface area contributed by atoms with Gasteiger partial charge in [-0.2, -0.15) is 0 Å². The van der Waals surface area contributed by atoms with E-state index in [2.05, 4.69) is 21.2 Å². The largest absolute Gasteiger partial charge is 0.452 e. The van der Waals surface area contributed by atoms with Crippen molar-refractivity contribution < 1.29 is 9.21 Å². The minimum Gasteiger partial charge on any atom is -0.452 e. The van der Waals surface area contributed by atoms with Gasteiger partial charge >= 0.3 is 0 Å². The summed E-state index contributed by atoms with van der Waals surface area (Å²) in [5.41, 5.74) is 4.46. The van der Waals surface area contributed by atoms with E-state index in [0.29, 0.717) is 17.0 Å². The average Bonchev–Trinajstić information content (AvgIpc) is 2.96. The van der Waals surface area contributed by atoms with Crippen LogP contribution in [-0.4, -0.2) is 5.91 Å². The Morgan fingerprint density at radius 2 is 2.33 bits per heavy atom. The van der Waals surface area contributed by atoms with Gasteiger partial charge in [-0.15, -0.1) is 11.3 Å². The lowest BCUT2D eigenvalue weighted by molar-refractivity contribution is -0.124. The first kappa shape index (κ1) is 13.3. The Bertz CT molecular complexity index is 538. The summed E-state index contributed by atoms with van der Waals surface area (Å²) < 4.78 is 6.01. The van der Waals surface area contributed by atoms with Crippen LogP contribution in [0.3, 0.4) is 0 Å². The van der Waals surface area contributed by atoms with Crippen molar-refractivity contribution in [2.45, 2.75) is 19.0 Å². The lowest BCUT2D eigenvalue weighted by atomic mass is 9.98. The smallest absolute Gasteiger partial charge is 0.245 e. The SMILES string of the molecule is CC(NCc1cccs1)(C(N)=O)c1ccc(Br)o1. The Balaban J connectivity index is 2.19. The highest BCUT2D eigenvalue weighted by Gasteiger charge is 2.36. The van der Waals surface area contributed by atoms with Crippen molar-refractivity contribution in [3.05, 3.63) is 45.0 Å². The number of primary amides is 1. The van der Waals surface area contributed by atoms with Crippen LogP contribution in [0, 0.1) is 0 Å². The molecule has 1 unspecified atom stereocenters. The Kier molecular flexibility index (Phi) is 3.89. The lowest BCUT2D eigenvalue weighted by Gasteiger charge is -2.24. The third-order valence-electron chi connectivity index (χ3n) is 2.76. The van der Waals surface area contributed by atoms with Crippen LogP contribution in [0.5, 0.6) is 0 Å². The summed E-state index contributed by atoms with van der Waals surface area (Å²) in [6.07, 6.45) is 0. The third kappa shape index (κ3) is 2.66. The lowest BCUT2D eigenvalue weighted by Crippen LogP contribution is -2.49. The fourth-order valence-corrected chi connectivity index (χ4v) is 2.51. The molecule has 0 spiro atoms. The highest BCUT2D eigenvalue weighted by atomic mass is 79.9. The van der Waals surface area contributed by atoms with Crippen LogP contribution in [0.4, 0.5) is 0 Å². The first-order valence-electron chi connectivity index (χ1n) is 5.35. The van der Waals surface area contributed by atoms with Gasteiger partial charge in [0.05, 0.1) is 0 Å². The van der Waals surface area contributed by atoms with E-state index in [4.69, 9.17) is 10.2 Å². The number of furan rings is 1. The van der Waals surface area contributed by atoms with Crippen LogP contribution in [0.1, 0.15) is 17.6 Å². The molecular weight excluding hydrogens is 316 g/mol. The second-order valence-electron chi connectivity index (χ2n) is 4.03. The van der Waals surface area contributed by atoms with Gasteiger partial charge in [-0.3, -0.25) is 10.1 Å². The van der Waals surface area contributed by atoms with E-state index in [1.54, 1.807) is 30.4 Å². The molecule has 0 radical (unpaired) electrons. The maximum Gasteiger partial charge on any atom is 0.245 e. The zero-order valence-electron chi connectivity index (χ0n) is 9.77. The molecule has 0 aromatic carbocycles. The minimum atomic E-state index is -1.02. The van der Waals surface area contributed by atoms with Crippen molar-refractivity contribution in [2.75, 3.05) is 0 Å². The molecule has 2 aromatic heterocycles. The fourth-order valence-electron chi connectivity index (χ4n) is 1.56. The van der Waals surface area contributed by atoms with Gasteiger partial charge in [-0.05, 0) is 46.4 Å². The summed E-state index contributed by atoms with van der Waals surface area (Å²) in [5.74, 6) is 0.0272. The van der Waals surface area contributed by atoms with E-state index in [-0.39, 0.29) is 0 Å². The number of nitrogens with two attached hydrogens (primary N) is 1. The van der Waals surface area contributed by atoms with E-state index >= 15 is 0 Å². The quantitative estimate of drug-likeness (QED) is 0.886. The van der Waals surface area contributed by atoms with Gasteiger partial charge in [-0.25, -0.2) is 0 Å². The van der Waals surface area contributed by atoms with E-state index in [1.807, 2.05) is 17.5 Å². The predicted octanol–water partition coefficient (Wildman–Crippen LogP) is 2.59. The third-order valence-corrected chi connectivity index (χ3v) is 4.06. The summed E-state index contributed by atoms with van der Waals surface area (Å²) in [6, 6.07) is 7.43. The summed E-state index contributed by atoms with van der Waals surface area (Å²) >= 11 is 4.84. The molecule has 96 valence electrons. The monoisotopic (exact) mass is 328 g/mol. The first-order chi connectivity index (χ1) is 8.52. The van der Waals surface area contributed by atoms with Crippen molar-refractivity contribution in [3.8, 4) is 0 Å². The molecule has 1 amide bonds. The standard InChI is InChI=1S/C12H13BrN2O2S/c1-12(11(14)16,9-4-5-10(13)17-9)15-7-8-3-2-6-18-8/h2-6,15H,7H2,1H3,(H2,14,16). The van der Waals surface area contributed by atoms with Crippen molar-refractivity contribution in [1.82, 2.24) is 5.32 Å². The number of rotatable bonds is 5. The van der Waals surface area contributed by atoms with Crippen LogP contribution in [0.25, 0.3) is 0 Å². The molecule has 3 N–H and O–H groups in total. The van der Waals surface area contributed by atoms with Crippen molar-refractivity contribution in [3.63, 3.8) is 0 Å². The number of carbonyl (C=O) groups is 1. The fraction of sp³-hybridized carbons (Fsp3) is 0.250. The molecule has 0 aliphatic rings. The van der Waals surface area contributed by atoms with Crippen LogP contribution in [0.2, 0.25) is 0 Å². The molecule has 0 fully saturated rings. The number of hydrogen-bond acceptors (Lipinski definition) is 4. The van der Waals surface area contributed by atoms with Crippen LogP contribution in [-0.2, 0) is 16.9 Å². The number of halogens is 1. The van der Waals surface area contributed by atoms with Gasteiger partial charge in [0.2, 0.25) is 5.91 Å². The first-order valence-corrected chi connectivity index (χ1v) is 7.03. The van der Waals surface area contributed by atoms with Gasteiger partial charge < -0.3 is 10.2 Å². The number of carbonyl (C=O) groups excluding carboxylic acids is 1. The molecule has 0 bridgehead atoms. The summed E-state index contributed by atoms with van der Waals surface area (Å²) in [5, 5.41) is 5.14. The second kappa shape index (κ2) is 5.26. The second-order valence-corrected chi connectivity index (χ2v) is 5.84. The number of amides is 1. The van der Waals surface area contributed by atoms with Crippen molar-refractivity contribution in [1.29, 1.82) is 0 Å². The van der Waals surface area contributed by atoms with Gasteiger partial charge in [0, 0.05) is 11.4 Å². The predicted molar refractivity (Wildman–Crippen MR) is 74.1 cm³/mol. The highest BCUT2D eigenvalue weighted by molar-refractivity contribution is 9.10. The van der Waals surface area contributed by atoms with Crippen molar-refractivity contribution in [2.24, 2.45) is 5.73 Å². The summed E-state index contributed by atoms with van der Waals surface area (Å²) in [7, 11) is 0. The molecular formula is C12H13BrN2O2S. The van der Waals surface area contributed by atoms with Crippen LogP contribution < -0.4 is 11.1 Å². The summed E-state index contributed by atoms with van der Waals surface area (Å²) in [6.45, 7) is 2.28. The Hall–Kier alpha value is -1.11. The number of nitrogens with one attached hydrogen (secondary N) is 1. The maximum atomic E-state index is 11.7. The zero-order valence-corrected chi connectivity index (χ0v) is 12.2. The Labute approximate surface area is 117 Å². The molecule has 4 nitrogen and oxygen atoms in total. The minimum absolute atomic E-state index is 0.471. The molecule has 0 saturated heterocycles. The number of hydrogen-bond donors (Lipinski definition) is 2. The molecule has 2 rings (SSSR count). The molecule has 2 heterocycles. The molecule has 1 atom stereocenters. The van der Waals surface area contributed by atoms with E-state index < -0.39 is 11.4 Å². The van der Waals surface area contributed by atoms with Gasteiger partial charge in [0.15, 0.2) is 10.2 Å².